The highest BCUT2D eigenvalue weighted by atomic mass is 32.1. The highest BCUT2D eigenvalue weighted by Gasteiger charge is 2.37. The van der Waals surface area contributed by atoms with E-state index < -0.39 is 0 Å². The van der Waals surface area contributed by atoms with Crippen molar-refractivity contribution in [3.05, 3.63) is 22.4 Å². The third-order valence-electron chi connectivity index (χ3n) is 3.58. The second kappa shape index (κ2) is 5.98. The van der Waals surface area contributed by atoms with Gasteiger partial charge in [-0.1, -0.05) is 6.92 Å². The SMILES string of the molecule is CCCNC(c1ccsc1)C1(C)CCCCO1. The van der Waals surface area contributed by atoms with Crippen LogP contribution in [0.1, 0.15) is 51.1 Å². The Labute approximate surface area is 108 Å². The molecule has 2 unspecified atom stereocenters. The fourth-order valence-corrected chi connectivity index (χ4v) is 3.28. The highest BCUT2D eigenvalue weighted by Crippen LogP contribution is 2.37. The molecule has 0 aromatic carbocycles. The van der Waals surface area contributed by atoms with Crippen LogP contribution < -0.4 is 5.32 Å². The van der Waals surface area contributed by atoms with Crippen molar-refractivity contribution in [2.75, 3.05) is 13.2 Å². The molecule has 1 aliphatic heterocycles. The zero-order valence-electron chi connectivity index (χ0n) is 10.9. The standard InChI is InChI=1S/C14H23NOS/c1-3-8-15-13(12-6-10-17-11-12)14(2)7-4-5-9-16-14/h6,10-11,13,15H,3-5,7-9H2,1-2H3. The van der Waals surface area contributed by atoms with Crippen LogP contribution in [0.3, 0.4) is 0 Å². The minimum Gasteiger partial charge on any atom is -0.373 e. The number of hydrogen-bond donors (Lipinski definition) is 1. The van der Waals surface area contributed by atoms with Crippen molar-refractivity contribution in [3.8, 4) is 0 Å². The van der Waals surface area contributed by atoms with Crippen LogP contribution in [0.5, 0.6) is 0 Å². The lowest BCUT2D eigenvalue weighted by Gasteiger charge is -2.41. The molecule has 96 valence electrons. The summed E-state index contributed by atoms with van der Waals surface area (Å²) in [6.45, 7) is 6.43. The van der Waals surface area contributed by atoms with Gasteiger partial charge in [-0.2, -0.15) is 11.3 Å². The van der Waals surface area contributed by atoms with E-state index in [4.69, 9.17) is 4.74 Å². The van der Waals surface area contributed by atoms with Gasteiger partial charge < -0.3 is 10.1 Å². The second-order valence-corrected chi connectivity index (χ2v) is 5.84. The van der Waals surface area contributed by atoms with Crippen molar-refractivity contribution in [1.29, 1.82) is 0 Å². The molecule has 1 aromatic heterocycles. The Morgan fingerprint density at radius 2 is 2.41 bits per heavy atom. The summed E-state index contributed by atoms with van der Waals surface area (Å²) in [6.07, 6.45) is 4.81. The van der Waals surface area contributed by atoms with E-state index in [1.165, 1.54) is 18.4 Å². The van der Waals surface area contributed by atoms with Crippen molar-refractivity contribution >= 4 is 11.3 Å². The molecule has 3 heteroatoms. The summed E-state index contributed by atoms with van der Waals surface area (Å²) in [4.78, 5) is 0. The molecule has 0 spiro atoms. The van der Waals surface area contributed by atoms with Gasteiger partial charge in [0.1, 0.15) is 0 Å². The van der Waals surface area contributed by atoms with Crippen LogP contribution in [-0.2, 0) is 4.74 Å². The van der Waals surface area contributed by atoms with Crippen LogP contribution >= 0.6 is 11.3 Å². The van der Waals surface area contributed by atoms with E-state index in [0.717, 1.165) is 26.0 Å². The number of rotatable bonds is 5. The fraction of sp³-hybridized carbons (Fsp3) is 0.714. The lowest BCUT2D eigenvalue weighted by Crippen LogP contribution is -2.46. The number of thiophene rings is 1. The first-order valence-electron chi connectivity index (χ1n) is 6.66. The summed E-state index contributed by atoms with van der Waals surface area (Å²) in [7, 11) is 0. The molecule has 0 amide bonds. The molecular weight excluding hydrogens is 230 g/mol. The summed E-state index contributed by atoms with van der Waals surface area (Å²) >= 11 is 1.77. The maximum atomic E-state index is 6.09. The average molecular weight is 253 g/mol. The third kappa shape index (κ3) is 3.09. The summed E-state index contributed by atoms with van der Waals surface area (Å²) in [6, 6.07) is 2.57. The van der Waals surface area contributed by atoms with E-state index in [1.54, 1.807) is 11.3 Å². The summed E-state index contributed by atoms with van der Waals surface area (Å²) in [5.41, 5.74) is 1.35. The fourth-order valence-electron chi connectivity index (χ4n) is 2.60. The third-order valence-corrected chi connectivity index (χ3v) is 4.29. The maximum absolute atomic E-state index is 6.09. The summed E-state index contributed by atoms with van der Waals surface area (Å²) < 4.78 is 6.09. The van der Waals surface area contributed by atoms with Gasteiger partial charge in [-0.15, -0.1) is 0 Å². The molecule has 2 atom stereocenters. The van der Waals surface area contributed by atoms with Gasteiger partial charge in [-0.25, -0.2) is 0 Å². The van der Waals surface area contributed by atoms with Gasteiger partial charge in [0.15, 0.2) is 0 Å². The number of nitrogens with one attached hydrogen (secondary N) is 1. The first kappa shape index (κ1) is 13.1. The van der Waals surface area contributed by atoms with Crippen molar-refractivity contribution in [1.82, 2.24) is 5.32 Å². The minimum atomic E-state index is -0.0332. The summed E-state index contributed by atoms with van der Waals surface area (Å²) in [5.74, 6) is 0. The Morgan fingerprint density at radius 3 is 3.00 bits per heavy atom. The van der Waals surface area contributed by atoms with E-state index in [9.17, 15) is 0 Å². The van der Waals surface area contributed by atoms with Crippen molar-refractivity contribution in [2.24, 2.45) is 0 Å². The lowest BCUT2D eigenvalue weighted by molar-refractivity contribution is -0.0896. The molecule has 1 saturated heterocycles. The minimum absolute atomic E-state index is 0.0332. The van der Waals surface area contributed by atoms with Gasteiger partial charge in [-0.05, 0) is 61.5 Å². The molecule has 0 aliphatic carbocycles. The van der Waals surface area contributed by atoms with E-state index in [2.05, 4.69) is 36.0 Å². The Bertz CT molecular complexity index is 317. The number of hydrogen-bond acceptors (Lipinski definition) is 3. The van der Waals surface area contributed by atoms with E-state index in [1.807, 2.05) is 0 Å². The van der Waals surface area contributed by atoms with Gasteiger partial charge in [0.05, 0.1) is 11.6 Å². The van der Waals surface area contributed by atoms with Gasteiger partial charge in [-0.3, -0.25) is 0 Å². The topological polar surface area (TPSA) is 21.3 Å². The molecule has 0 radical (unpaired) electrons. The zero-order valence-corrected chi connectivity index (χ0v) is 11.7. The Morgan fingerprint density at radius 1 is 1.53 bits per heavy atom. The Kier molecular flexibility index (Phi) is 4.60. The zero-order chi connectivity index (χ0) is 12.1. The van der Waals surface area contributed by atoms with Crippen LogP contribution in [-0.4, -0.2) is 18.8 Å². The van der Waals surface area contributed by atoms with Crippen molar-refractivity contribution in [2.45, 2.75) is 51.2 Å². The predicted octanol–water partition coefficient (Wildman–Crippen LogP) is 3.75. The molecule has 1 fully saturated rings. The van der Waals surface area contributed by atoms with Gasteiger partial charge >= 0.3 is 0 Å². The van der Waals surface area contributed by atoms with Crippen LogP contribution in [0.25, 0.3) is 0 Å². The predicted molar refractivity (Wildman–Crippen MR) is 73.6 cm³/mol. The Balaban J connectivity index is 2.13. The monoisotopic (exact) mass is 253 g/mol. The lowest BCUT2D eigenvalue weighted by atomic mass is 9.85. The van der Waals surface area contributed by atoms with Gasteiger partial charge in [0, 0.05) is 6.61 Å². The molecule has 1 aliphatic rings. The molecule has 0 bridgehead atoms. The molecule has 1 N–H and O–H groups in total. The van der Waals surface area contributed by atoms with E-state index in [-0.39, 0.29) is 5.60 Å². The van der Waals surface area contributed by atoms with Crippen molar-refractivity contribution in [3.63, 3.8) is 0 Å². The quantitative estimate of drug-likeness (QED) is 0.863. The number of ether oxygens (including phenoxy) is 1. The smallest absolute Gasteiger partial charge is 0.0848 e. The molecule has 17 heavy (non-hydrogen) atoms. The molecular formula is C14H23NOS. The van der Waals surface area contributed by atoms with E-state index >= 15 is 0 Å². The molecule has 2 heterocycles. The average Bonchev–Trinajstić information content (AvgIpc) is 2.84. The second-order valence-electron chi connectivity index (χ2n) is 5.06. The van der Waals surface area contributed by atoms with E-state index in [0.29, 0.717) is 6.04 Å². The van der Waals surface area contributed by atoms with Crippen LogP contribution in [0.2, 0.25) is 0 Å². The molecule has 2 nitrogen and oxygen atoms in total. The highest BCUT2D eigenvalue weighted by molar-refractivity contribution is 7.07. The van der Waals surface area contributed by atoms with Crippen LogP contribution in [0.4, 0.5) is 0 Å². The molecule has 1 aromatic rings. The molecule has 0 saturated carbocycles. The first-order chi connectivity index (χ1) is 8.26. The largest absolute Gasteiger partial charge is 0.373 e. The molecule has 2 rings (SSSR count). The summed E-state index contributed by atoms with van der Waals surface area (Å²) in [5, 5.41) is 8.07. The van der Waals surface area contributed by atoms with Crippen LogP contribution in [0.15, 0.2) is 16.8 Å². The maximum Gasteiger partial charge on any atom is 0.0848 e. The van der Waals surface area contributed by atoms with Crippen LogP contribution in [0, 0.1) is 0 Å². The van der Waals surface area contributed by atoms with Gasteiger partial charge in [0.2, 0.25) is 0 Å². The normalized spacial score (nSPS) is 26.9. The Hall–Kier alpha value is -0.380. The van der Waals surface area contributed by atoms with Crippen molar-refractivity contribution < 1.29 is 4.74 Å². The van der Waals surface area contributed by atoms with Gasteiger partial charge in [0.25, 0.3) is 0 Å². The first-order valence-corrected chi connectivity index (χ1v) is 7.60.